The number of nitrogens with zero attached hydrogens (tertiary/aromatic N) is 2. The number of carbonyl (C=O) groups excluding carboxylic acids is 2. The van der Waals surface area contributed by atoms with Crippen molar-refractivity contribution in [3.8, 4) is 0 Å². The van der Waals surface area contributed by atoms with Gasteiger partial charge in [-0.2, -0.15) is 4.31 Å². The lowest BCUT2D eigenvalue weighted by Gasteiger charge is -2.56. The number of sulfonamides is 1. The molecule has 4 bridgehead atoms. The minimum absolute atomic E-state index is 0.149. The molecular weight excluding hydrogens is 450 g/mol. The van der Waals surface area contributed by atoms with E-state index in [9.17, 15) is 18.0 Å². The number of rotatable bonds is 6. The molecule has 1 aromatic carbocycles. The van der Waals surface area contributed by atoms with Crippen LogP contribution in [0.5, 0.6) is 0 Å². The molecule has 7 nitrogen and oxygen atoms in total. The van der Waals surface area contributed by atoms with Gasteiger partial charge in [-0.1, -0.05) is 0 Å². The first-order valence-electron chi connectivity index (χ1n) is 12.8. The number of likely N-dealkylation sites (tertiary alicyclic amines) is 1. The first-order chi connectivity index (χ1) is 16.1. The van der Waals surface area contributed by atoms with Gasteiger partial charge in [0.05, 0.1) is 10.3 Å². The summed E-state index contributed by atoms with van der Waals surface area (Å²) in [6.07, 6.45) is 8.39. The second kappa shape index (κ2) is 8.63. The summed E-state index contributed by atoms with van der Waals surface area (Å²) in [5, 5.41) is 2.93. The largest absolute Gasteiger partial charge is 0.330 e. The molecule has 1 unspecified atom stereocenters. The Kier molecular flexibility index (Phi) is 6.04. The van der Waals surface area contributed by atoms with Gasteiger partial charge in [0.2, 0.25) is 21.8 Å². The summed E-state index contributed by atoms with van der Waals surface area (Å²) in [4.78, 5) is 29.1. The molecule has 6 rings (SSSR count). The van der Waals surface area contributed by atoms with Gasteiger partial charge in [0.25, 0.3) is 0 Å². The van der Waals surface area contributed by atoms with Gasteiger partial charge >= 0.3 is 0 Å². The predicted octanol–water partition coefficient (Wildman–Crippen LogP) is 3.86. The third-order valence-corrected chi connectivity index (χ3v) is 10.9. The molecule has 1 heterocycles. The highest BCUT2D eigenvalue weighted by Crippen LogP contribution is 2.60. The lowest BCUT2D eigenvalue weighted by atomic mass is 9.49. The van der Waals surface area contributed by atoms with Crippen LogP contribution in [0.1, 0.15) is 65.2 Å². The lowest BCUT2D eigenvalue weighted by Crippen LogP contribution is -2.56. The summed E-state index contributed by atoms with van der Waals surface area (Å²) in [5.41, 5.74) is 0.307. The van der Waals surface area contributed by atoms with Gasteiger partial charge in [0, 0.05) is 25.3 Å². The van der Waals surface area contributed by atoms with Crippen LogP contribution in [0.15, 0.2) is 29.2 Å². The topological polar surface area (TPSA) is 86.8 Å². The maximum Gasteiger partial charge on any atom is 0.247 e. The molecule has 4 saturated carbocycles. The Hall–Kier alpha value is -1.93. The molecule has 1 saturated heterocycles. The molecule has 0 spiro atoms. The number of hydrogen-bond donors (Lipinski definition) is 1. The van der Waals surface area contributed by atoms with Crippen LogP contribution < -0.4 is 5.32 Å². The molecule has 5 fully saturated rings. The Morgan fingerprint density at radius 3 is 2.12 bits per heavy atom. The molecule has 1 aromatic rings. The van der Waals surface area contributed by atoms with E-state index in [2.05, 4.69) is 5.32 Å². The summed E-state index contributed by atoms with van der Waals surface area (Å²) in [7, 11) is -2.01. The van der Waals surface area contributed by atoms with E-state index in [0.29, 0.717) is 36.4 Å². The van der Waals surface area contributed by atoms with E-state index in [1.165, 1.54) is 35.7 Å². The summed E-state index contributed by atoms with van der Waals surface area (Å²) in [6.45, 7) is 4.30. The van der Waals surface area contributed by atoms with Crippen molar-refractivity contribution in [2.24, 2.45) is 23.2 Å². The van der Waals surface area contributed by atoms with E-state index in [4.69, 9.17) is 0 Å². The molecule has 0 radical (unpaired) electrons. The number of anilines is 1. The fourth-order valence-corrected chi connectivity index (χ4v) is 8.71. The van der Waals surface area contributed by atoms with Crippen LogP contribution in [0, 0.1) is 23.2 Å². The molecule has 186 valence electrons. The predicted molar refractivity (Wildman–Crippen MR) is 130 cm³/mol. The molecule has 1 atom stereocenters. The van der Waals surface area contributed by atoms with Crippen molar-refractivity contribution in [1.29, 1.82) is 0 Å². The van der Waals surface area contributed by atoms with Crippen molar-refractivity contribution in [3.05, 3.63) is 24.3 Å². The quantitative estimate of drug-likeness (QED) is 0.660. The Labute approximate surface area is 203 Å². The fourth-order valence-electron chi connectivity index (χ4n) is 7.34. The van der Waals surface area contributed by atoms with E-state index in [0.717, 1.165) is 25.7 Å². The van der Waals surface area contributed by atoms with E-state index in [1.54, 1.807) is 19.2 Å². The number of hydrogen-bond acceptors (Lipinski definition) is 4. The summed E-state index contributed by atoms with van der Waals surface area (Å²) >= 11 is 0. The first kappa shape index (κ1) is 23.8. The summed E-state index contributed by atoms with van der Waals surface area (Å²) < 4.78 is 26.7. The minimum atomic E-state index is -3.57. The number of carbonyl (C=O) groups is 2. The van der Waals surface area contributed by atoms with Crippen LogP contribution in [0.4, 0.5) is 5.69 Å². The summed E-state index contributed by atoms with van der Waals surface area (Å²) in [5.74, 6) is 2.10. The molecule has 0 aromatic heterocycles. The Balaban J connectivity index is 1.27. The average Bonchev–Trinajstić information content (AvgIpc) is 3.27. The molecule has 5 aliphatic rings. The van der Waals surface area contributed by atoms with Gasteiger partial charge in [-0.05, 0) is 107 Å². The minimum Gasteiger partial charge on any atom is -0.330 e. The van der Waals surface area contributed by atoms with Gasteiger partial charge in [-0.3, -0.25) is 9.59 Å². The number of nitrogens with one attached hydrogen (secondary N) is 1. The monoisotopic (exact) mass is 487 g/mol. The van der Waals surface area contributed by atoms with E-state index >= 15 is 0 Å². The number of benzene rings is 1. The van der Waals surface area contributed by atoms with Crippen LogP contribution in [0.25, 0.3) is 0 Å². The van der Waals surface area contributed by atoms with Gasteiger partial charge < -0.3 is 10.2 Å². The highest BCUT2D eigenvalue weighted by Gasteiger charge is 2.56. The van der Waals surface area contributed by atoms with Crippen molar-refractivity contribution in [3.63, 3.8) is 0 Å². The molecular formula is C26H37N3O4S. The molecule has 34 heavy (non-hydrogen) atoms. The molecule has 1 N–H and O–H groups in total. The maximum absolute atomic E-state index is 13.8. The highest BCUT2D eigenvalue weighted by molar-refractivity contribution is 7.89. The third kappa shape index (κ3) is 4.06. The smallest absolute Gasteiger partial charge is 0.247 e. The summed E-state index contributed by atoms with van der Waals surface area (Å²) in [6, 6.07) is 5.70. The van der Waals surface area contributed by atoms with Crippen LogP contribution in [0.2, 0.25) is 0 Å². The number of amides is 2. The molecule has 1 aliphatic heterocycles. The van der Waals surface area contributed by atoms with Crippen LogP contribution >= 0.6 is 0 Å². The van der Waals surface area contributed by atoms with Gasteiger partial charge in [-0.25, -0.2) is 8.42 Å². The molecule has 8 heteroatoms. The van der Waals surface area contributed by atoms with Crippen molar-refractivity contribution in [1.82, 2.24) is 9.21 Å². The van der Waals surface area contributed by atoms with Crippen molar-refractivity contribution in [2.75, 3.05) is 18.9 Å². The van der Waals surface area contributed by atoms with Crippen molar-refractivity contribution < 1.29 is 18.0 Å². The third-order valence-electron chi connectivity index (χ3n) is 8.83. The normalized spacial score (nSPS) is 32.6. The molecule has 2 amide bonds. The lowest BCUT2D eigenvalue weighted by molar-refractivity contribution is -0.160. The van der Waals surface area contributed by atoms with Gasteiger partial charge in [-0.15, -0.1) is 0 Å². The molecule has 4 aliphatic carbocycles. The Morgan fingerprint density at radius 1 is 1.03 bits per heavy atom. The SMILES string of the molecule is CC(C)N(C)S(=O)(=O)c1ccc(NC(=O)C2CCCN2C(=O)C23CC4CC(CC(C4)C2)C3)cc1. The zero-order valence-electron chi connectivity index (χ0n) is 20.5. The van der Waals surface area contributed by atoms with E-state index in [1.807, 2.05) is 18.7 Å². The van der Waals surface area contributed by atoms with Crippen molar-refractivity contribution >= 4 is 27.5 Å². The Morgan fingerprint density at radius 2 is 1.59 bits per heavy atom. The fraction of sp³-hybridized carbons (Fsp3) is 0.692. The van der Waals surface area contributed by atoms with Crippen LogP contribution in [0.3, 0.4) is 0 Å². The standard InChI is InChI=1S/C26H37N3O4S/c1-17(2)28(3)34(32,33)22-8-6-21(7-9-22)27-24(30)23-5-4-10-29(23)25(31)26-14-18-11-19(15-26)13-20(12-18)16-26/h6-9,17-20,23H,4-5,10-16H2,1-3H3,(H,27,30). The Bertz CT molecular complexity index is 1030. The van der Waals surface area contributed by atoms with E-state index in [-0.39, 0.29) is 28.2 Å². The second-order valence-electron chi connectivity index (χ2n) is 11.5. The zero-order chi connectivity index (χ0) is 24.3. The van der Waals surface area contributed by atoms with Gasteiger partial charge in [0.15, 0.2) is 0 Å². The second-order valence-corrected chi connectivity index (χ2v) is 13.5. The van der Waals surface area contributed by atoms with Gasteiger partial charge in [0.1, 0.15) is 6.04 Å². The van der Waals surface area contributed by atoms with E-state index < -0.39 is 16.1 Å². The zero-order valence-corrected chi connectivity index (χ0v) is 21.3. The maximum atomic E-state index is 13.8. The first-order valence-corrected chi connectivity index (χ1v) is 14.2. The van der Waals surface area contributed by atoms with Crippen molar-refractivity contribution in [2.45, 2.75) is 82.2 Å². The average molecular weight is 488 g/mol. The highest BCUT2D eigenvalue weighted by atomic mass is 32.2. The van der Waals surface area contributed by atoms with Crippen LogP contribution in [-0.4, -0.2) is 55.1 Å². The van der Waals surface area contributed by atoms with Crippen LogP contribution in [-0.2, 0) is 19.6 Å².